The van der Waals surface area contributed by atoms with Crippen molar-refractivity contribution in [1.29, 1.82) is 0 Å². The molecule has 2 aliphatic heterocycles. The van der Waals surface area contributed by atoms with Crippen LogP contribution in [0.25, 0.3) is 5.82 Å². The highest BCUT2D eigenvalue weighted by Crippen LogP contribution is 2.49. The van der Waals surface area contributed by atoms with E-state index in [0.29, 0.717) is 23.3 Å². The molecular formula is C31H25N7O2. The summed E-state index contributed by atoms with van der Waals surface area (Å²) in [5, 5.41) is 29.0. The summed E-state index contributed by atoms with van der Waals surface area (Å²) in [4.78, 5) is 16.8. The van der Waals surface area contributed by atoms with Crippen LogP contribution in [-0.4, -0.2) is 36.6 Å². The molecule has 1 atom stereocenters. The molecule has 0 amide bonds. The number of phenols is 2. The lowest BCUT2D eigenvalue weighted by atomic mass is 9.93. The van der Waals surface area contributed by atoms with E-state index in [-0.39, 0.29) is 11.5 Å². The molecule has 3 N–H and O–H groups in total. The van der Waals surface area contributed by atoms with Crippen molar-refractivity contribution >= 4 is 34.6 Å². The quantitative estimate of drug-likeness (QED) is 0.245. The van der Waals surface area contributed by atoms with Gasteiger partial charge in [0, 0.05) is 17.4 Å². The predicted octanol–water partition coefficient (Wildman–Crippen LogP) is 6.09. The largest absolute Gasteiger partial charge is 0.504 e. The lowest BCUT2D eigenvalue weighted by Gasteiger charge is -2.40. The van der Waals surface area contributed by atoms with Gasteiger partial charge < -0.3 is 20.4 Å². The van der Waals surface area contributed by atoms with Gasteiger partial charge in [-0.1, -0.05) is 36.4 Å². The second-order valence-electron chi connectivity index (χ2n) is 9.82. The first-order valence-corrected chi connectivity index (χ1v) is 12.9. The van der Waals surface area contributed by atoms with Crippen LogP contribution in [-0.2, 0) is 0 Å². The maximum absolute atomic E-state index is 10.5. The van der Waals surface area contributed by atoms with E-state index in [1.807, 2.05) is 80.6 Å². The molecule has 7 rings (SSSR count). The first kappa shape index (κ1) is 23.7. The first-order chi connectivity index (χ1) is 19.5. The summed E-state index contributed by atoms with van der Waals surface area (Å²) in [6.07, 6.45) is 1.72. The number of aryl methyl sites for hydroxylation is 2. The van der Waals surface area contributed by atoms with Crippen molar-refractivity contribution in [2.45, 2.75) is 19.9 Å². The van der Waals surface area contributed by atoms with Gasteiger partial charge in [0.05, 0.1) is 23.1 Å². The normalized spacial score (nSPS) is 15.4. The van der Waals surface area contributed by atoms with Crippen LogP contribution in [0.3, 0.4) is 0 Å². The predicted molar refractivity (Wildman–Crippen MR) is 156 cm³/mol. The van der Waals surface area contributed by atoms with E-state index < -0.39 is 6.04 Å². The van der Waals surface area contributed by atoms with Crippen molar-refractivity contribution in [3.63, 3.8) is 0 Å². The summed E-state index contributed by atoms with van der Waals surface area (Å²) in [7, 11) is 0. The Morgan fingerprint density at radius 1 is 0.825 bits per heavy atom. The second-order valence-corrected chi connectivity index (χ2v) is 9.82. The highest BCUT2D eigenvalue weighted by molar-refractivity contribution is 6.51. The van der Waals surface area contributed by atoms with Crippen LogP contribution in [0.15, 0.2) is 101 Å². The number of amidine groups is 2. The first-order valence-electron chi connectivity index (χ1n) is 12.9. The minimum atomic E-state index is -0.433. The summed E-state index contributed by atoms with van der Waals surface area (Å²) >= 11 is 0. The number of para-hydroxylation sites is 2. The molecule has 2 aliphatic rings. The van der Waals surface area contributed by atoms with Gasteiger partial charge in [0.1, 0.15) is 0 Å². The van der Waals surface area contributed by atoms with Crippen molar-refractivity contribution in [1.82, 2.24) is 14.8 Å². The third kappa shape index (κ3) is 3.79. The number of aromatic hydroxyl groups is 2. The van der Waals surface area contributed by atoms with E-state index in [9.17, 15) is 10.2 Å². The van der Waals surface area contributed by atoms with Gasteiger partial charge in [0.2, 0.25) is 0 Å². The van der Waals surface area contributed by atoms with E-state index in [4.69, 9.17) is 15.1 Å². The number of hydrogen-bond donors (Lipinski definition) is 3. The van der Waals surface area contributed by atoms with Crippen molar-refractivity contribution in [3.05, 3.63) is 114 Å². The summed E-state index contributed by atoms with van der Waals surface area (Å²) < 4.78 is 1.74. The highest BCUT2D eigenvalue weighted by atomic mass is 16.3. The molecule has 0 fully saturated rings. The topological polar surface area (TPSA) is 111 Å². The van der Waals surface area contributed by atoms with Gasteiger partial charge in [0.15, 0.2) is 34.8 Å². The lowest BCUT2D eigenvalue weighted by Crippen LogP contribution is -2.46. The monoisotopic (exact) mass is 527 g/mol. The lowest BCUT2D eigenvalue weighted by molar-refractivity contribution is 0.403. The summed E-state index contributed by atoms with van der Waals surface area (Å²) in [5.41, 5.74) is 6.05. The summed E-state index contributed by atoms with van der Waals surface area (Å²) in [6, 6.07) is 26.1. The van der Waals surface area contributed by atoms with E-state index >= 15 is 0 Å². The third-order valence-electron chi connectivity index (χ3n) is 7.10. The molecule has 40 heavy (non-hydrogen) atoms. The van der Waals surface area contributed by atoms with E-state index in [1.54, 1.807) is 16.9 Å². The Hall–Kier alpha value is -5.44. The molecular weight excluding hydrogens is 502 g/mol. The van der Waals surface area contributed by atoms with Crippen molar-refractivity contribution in [3.8, 4) is 17.3 Å². The Bertz CT molecular complexity index is 1840. The number of fused-ring (bicyclic) bond motifs is 4. The van der Waals surface area contributed by atoms with Crippen LogP contribution in [0.1, 0.15) is 28.4 Å². The molecule has 196 valence electrons. The number of anilines is 2. The number of benzene rings is 3. The van der Waals surface area contributed by atoms with Crippen molar-refractivity contribution in [2.24, 2.45) is 9.98 Å². The van der Waals surface area contributed by atoms with Crippen LogP contribution in [0.4, 0.5) is 22.9 Å². The van der Waals surface area contributed by atoms with Gasteiger partial charge in [-0.15, -0.1) is 0 Å². The molecule has 0 saturated heterocycles. The fourth-order valence-electron chi connectivity index (χ4n) is 5.32. The Morgan fingerprint density at radius 2 is 1.68 bits per heavy atom. The molecule has 3 aromatic carbocycles. The fourth-order valence-corrected chi connectivity index (χ4v) is 5.32. The van der Waals surface area contributed by atoms with Crippen molar-refractivity contribution < 1.29 is 10.2 Å². The van der Waals surface area contributed by atoms with Crippen LogP contribution >= 0.6 is 0 Å². The zero-order valence-corrected chi connectivity index (χ0v) is 21.8. The Kier molecular flexibility index (Phi) is 5.38. The number of nitrogens with one attached hydrogen (secondary N) is 1. The van der Waals surface area contributed by atoms with Crippen LogP contribution in [0, 0.1) is 13.8 Å². The minimum absolute atomic E-state index is 0.183. The zero-order chi connectivity index (χ0) is 27.4. The molecule has 9 nitrogen and oxygen atoms in total. The summed E-state index contributed by atoms with van der Waals surface area (Å²) in [6.45, 7) is 3.99. The molecule has 0 spiro atoms. The van der Waals surface area contributed by atoms with E-state index in [2.05, 4.69) is 21.3 Å². The standard InChI is InChI=1S/C31H25N7O2/c1-18-8-7-9-21(16-18)33-29-31-35-30-27(19(2)36-38(30)26-12-5-6-15-32-26)28(20-13-14-24(39)25(40)17-20)37(31)23-11-4-3-10-22(23)34-29/h3-17,28,39-40H,1-2H3,(H,33,34)/t28-/m0/s1. The number of nitrogens with zero attached hydrogens (tertiary/aromatic N) is 6. The van der Waals surface area contributed by atoms with E-state index in [1.165, 1.54) is 6.07 Å². The van der Waals surface area contributed by atoms with Crippen LogP contribution in [0.2, 0.25) is 0 Å². The average molecular weight is 528 g/mol. The third-order valence-corrected chi connectivity index (χ3v) is 7.10. The maximum atomic E-state index is 10.5. The molecule has 0 unspecified atom stereocenters. The molecule has 0 aliphatic carbocycles. The van der Waals surface area contributed by atoms with Crippen LogP contribution < -0.4 is 10.2 Å². The zero-order valence-electron chi connectivity index (χ0n) is 21.8. The minimum Gasteiger partial charge on any atom is -0.504 e. The van der Waals surface area contributed by atoms with Gasteiger partial charge in [-0.05, 0) is 73.5 Å². The number of aliphatic imine (C=N–C) groups is 2. The summed E-state index contributed by atoms with van der Waals surface area (Å²) in [5.74, 6) is 2.06. The molecule has 9 heteroatoms. The molecule has 4 heterocycles. The van der Waals surface area contributed by atoms with Gasteiger partial charge >= 0.3 is 0 Å². The van der Waals surface area contributed by atoms with Gasteiger partial charge in [-0.25, -0.2) is 15.0 Å². The molecule has 0 bridgehead atoms. The number of aromatic nitrogens is 3. The highest BCUT2D eigenvalue weighted by Gasteiger charge is 2.41. The number of hydrogen-bond acceptors (Lipinski definition) is 8. The average Bonchev–Trinajstić information content (AvgIpc) is 3.30. The molecule has 0 radical (unpaired) electrons. The van der Waals surface area contributed by atoms with Gasteiger partial charge in [0.25, 0.3) is 0 Å². The van der Waals surface area contributed by atoms with Crippen LogP contribution in [0.5, 0.6) is 11.5 Å². The SMILES string of the molecule is Cc1cccc(NC2=Nc3ccccc3N3C2=Nc2c(c(C)nn2-c2ccccn2)[C@@H]3c2ccc(O)c(O)c2)c1. The molecule has 2 aromatic heterocycles. The second kappa shape index (κ2) is 9.09. The van der Waals surface area contributed by atoms with Crippen molar-refractivity contribution in [2.75, 3.05) is 10.2 Å². The number of pyridine rings is 1. The molecule has 0 saturated carbocycles. The van der Waals surface area contributed by atoms with E-state index in [0.717, 1.165) is 39.4 Å². The smallest absolute Gasteiger partial charge is 0.179 e. The Labute approximate surface area is 230 Å². The fraction of sp³-hybridized carbons (Fsp3) is 0.0968. The van der Waals surface area contributed by atoms with Gasteiger partial charge in [-0.3, -0.25) is 0 Å². The molecule has 5 aromatic rings. The Morgan fingerprint density at radius 3 is 2.48 bits per heavy atom. The number of phenolic OH excluding ortho intramolecular Hbond substituents is 2. The maximum Gasteiger partial charge on any atom is 0.179 e. The Balaban J connectivity index is 1.51. The van der Waals surface area contributed by atoms with Gasteiger partial charge in [-0.2, -0.15) is 9.78 Å². The number of rotatable bonds is 3.